The van der Waals surface area contributed by atoms with Gasteiger partial charge in [0.15, 0.2) is 0 Å². The Bertz CT molecular complexity index is 298. The number of piperazine rings is 1. The van der Waals surface area contributed by atoms with Gasteiger partial charge in [0.1, 0.15) is 5.78 Å². The van der Waals surface area contributed by atoms with Crippen molar-refractivity contribution in [3.63, 3.8) is 0 Å². The zero-order chi connectivity index (χ0) is 16.3. The van der Waals surface area contributed by atoms with Gasteiger partial charge in [-0.1, -0.05) is 27.7 Å². The highest BCUT2D eigenvalue weighted by molar-refractivity contribution is 5.80. The van der Waals surface area contributed by atoms with Gasteiger partial charge in [0.2, 0.25) is 5.91 Å². The lowest BCUT2D eigenvalue weighted by atomic mass is 10.1. The van der Waals surface area contributed by atoms with Crippen molar-refractivity contribution in [1.82, 2.24) is 9.80 Å². The van der Waals surface area contributed by atoms with Crippen molar-refractivity contribution in [2.24, 2.45) is 5.92 Å². The predicted molar refractivity (Wildman–Crippen MR) is 85.3 cm³/mol. The molecule has 1 amide bonds. The number of hydrogen-bond acceptors (Lipinski definition) is 4. The second-order valence-corrected chi connectivity index (χ2v) is 5.42. The average molecular weight is 300 g/mol. The number of Topliss-reactive ketones (excluding diaryl/α,β-unsaturated/α-hetero) is 1. The summed E-state index contributed by atoms with van der Waals surface area (Å²) in [6.45, 7) is 12.1. The lowest BCUT2D eigenvalue weighted by Crippen LogP contribution is -2.47. The van der Waals surface area contributed by atoms with Crippen LogP contribution in [0.5, 0.6) is 0 Å². The van der Waals surface area contributed by atoms with Crippen LogP contribution in [0.15, 0.2) is 0 Å². The highest BCUT2D eigenvalue weighted by atomic mass is 16.5. The molecule has 124 valence electrons. The minimum absolute atomic E-state index is 0.0653. The Morgan fingerprint density at radius 1 is 1.00 bits per heavy atom. The first-order valence-corrected chi connectivity index (χ1v) is 8.07. The third kappa shape index (κ3) is 8.83. The molecule has 1 aliphatic heterocycles. The number of amides is 1. The van der Waals surface area contributed by atoms with Crippen LogP contribution in [0.1, 0.15) is 40.5 Å². The van der Waals surface area contributed by atoms with Gasteiger partial charge in [-0.25, -0.2) is 0 Å². The number of ketones is 1. The SMILES string of the molecule is CC.CC(C)C(=O)CCOCCC(=O)N1CCN(C)CC1. The molecular weight excluding hydrogens is 268 g/mol. The molecule has 0 aromatic rings. The fourth-order valence-corrected chi connectivity index (χ4v) is 1.94. The minimum Gasteiger partial charge on any atom is -0.380 e. The van der Waals surface area contributed by atoms with Gasteiger partial charge >= 0.3 is 0 Å². The molecule has 1 fully saturated rings. The maximum Gasteiger partial charge on any atom is 0.224 e. The Labute approximate surface area is 129 Å². The number of nitrogens with zero attached hydrogens (tertiary/aromatic N) is 2. The number of ether oxygens (including phenoxy) is 1. The molecule has 21 heavy (non-hydrogen) atoms. The summed E-state index contributed by atoms with van der Waals surface area (Å²) in [6, 6.07) is 0. The Morgan fingerprint density at radius 2 is 1.52 bits per heavy atom. The largest absolute Gasteiger partial charge is 0.380 e. The Balaban J connectivity index is 0.00000191. The van der Waals surface area contributed by atoms with Gasteiger partial charge in [-0.05, 0) is 7.05 Å². The molecule has 1 aliphatic rings. The van der Waals surface area contributed by atoms with E-state index in [1.54, 1.807) is 0 Å². The fourth-order valence-electron chi connectivity index (χ4n) is 1.94. The monoisotopic (exact) mass is 300 g/mol. The fraction of sp³-hybridized carbons (Fsp3) is 0.875. The standard InChI is InChI=1S/C14H26N2O3.C2H6/c1-12(2)13(17)4-10-19-11-5-14(18)16-8-6-15(3)7-9-16;1-2/h12H,4-11H2,1-3H3;1-2H3. The molecular formula is C16H32N2O3. The van der Waals surface area contributed by atoms with Crippen LogP contribution >= 0.6 is 0 Å². The van der Waals surface area contributed by atoms with Gasteiger partial charge in [-0.2, -0.15) is 0 Å². The van der Waals surface area contributed by atoms with E-state index >= 15 is 0 Å². The van der Waals surface area contributed by atoms with Crippen LogP contribution in [0.4, 0.5) is 0 Å². The Kier molecular flexibility index (Phi) is 11.2. The van der Waals surface area contributed by atoms with E-state index < -0.39 is 0 Å². The molecule has 5 nitrogen and oxygen atoms in total. The van der Waals surface area contributed by atoms with E-state index in [2.05, 4.69) is 11.9 Å². The molecule has 0 aliphatic carbocycles. The van der Waals surface area contributed by atoms with Crippen molar-refractivity contribution in [2.75, 3.05) is 46.4 Å². The lowest BCUT2D eigenvalue weighted by Gasteiger charge is -2.32. The van der Waals surface area contributed by atoms with Gasteiger partial charge in [0, 0.05) is 38.5 Å². The quantitative estimate of drug-likeness (QED) is 0.673. The minimum atomic E-state index is 0.0653. The van der Waals surface area contributed by atoms with Gasteiger partial charge < -0.3 is 14.5 Å². The third-order valence-electron chi connectivity index (χ3n) is 3.45. The maximum absolute atomic E-state index is 11.9. The molecule has 0 bridgehead atoms. The Hall–Kier alpha value is -0.940. The van der Waals surface area contributed by atoms with Gasteiger partial charge in [-0.15, -0.1) is 0 Å². The molecule has 1 heterocycles. The summed E-state index contributed by atoms with van der Waals surface area (Å²) in [5.41, 5.74) is 0. The van der Waals surface area contributed by atoms with E-state index in [9.17, 15) is 9.59 Å². The summed E-state index contributed by atoms with van der Waals surface area (Å²) in [6.07, 6.45) is 0.861. The summed E-state index contributed by atoms with van der Waals surface area (Å²) < 4.78 is 5.36. The third-order valence-corrected chi connectivity index (χ3v) is 3.45. The van der Waals surface area contributed by atoms with E-state index in [0.29, 0.717) is 26.1 Å². The second kappa shape index (κ2) is 11.7. The van der Waals surface area contributed by atoms with E-state index in [0.717, 1.165) is 26.2 Å². The van der Waals surface area contributed by atoms with Crippen molar-refractivity contribution in [3.05, 3.63) is 0 Å². The van der Waals surface area contributed by atoms with Crippen molar-refractivity contribution in [2.45, 2.75) is 40.5 Å². The number of carbonyl (C=O) groups is 2. The molecule has 1 rings (SSSR count). The molecule has 1 saturated heterocycles. The number of carbonyl (C=O) groups excluding carboxylic acids is 2. The first-order chi connectivity index (χ1) is 10.0. The first-order valence-electron chi connectivity index (χ1n) is 8.07. The highest BCUT2D eigenvalue weighted by Crippen LogP contribution is 2.03. The van der Waals surface area contributed by atoms with Gasteiger partial charge in [0.05, 0.1) is 19.6 Å². The first kappa shape index (κ1) is 20.1. The van der Waals surface area contributed by atoms with Gasteiger partial charge in [-0.3, -0.25) is 9.59 Å². The van der Waals surface area contributed by atoms with Crippen LogP contribution in [-0.2, 0) is 14.3 Å². The normalized spacial score (nSPS) is 15.6. The average Bonchev–Trinajstić information content (AvgIpc) is 2.49. The van der Waals surface area contributed by atoms with Crippen molar-refractivity contribution >= 4 is 11.7 Å². The molecule has 0 N–H and O–H groups in total. The van der Waals surface area contributed by atoms with Crippen LogP contribution in [0, 0.1) is 5.92 Å². The summed E-state index contributed by atoms with van der Waals surface area (Å²) in [7, 11) is 2.07. The van der Waals surface area contributed by atoms with Gasteiger partial charge in [0.25, 0.3) is 0 Å². The van der Waals surface area contributed by atoms with Crippen molar-refractivity contribution < 1.29 is 14.3 Å². The van der Waals surface area contributed by atoms with Crippen LogP contribution in [0.2, 0.25) is 0 Å². The van der Waals surface area contributed by atoms with Crippen LogP contribution < -0.4 is 0 Å². The van der Waals surface area contributed by atoms with E-state index in [1.807, 2.05) is 32.6 Å². The predicted octanol–water partition coefficient (Wildman–Crippen LogP) is 1.81. The second-order valence-electron chi connectivity index (χ2n) is 5.42. The Morgan fingerprint density at radius 3 is 2.05 bits per heavy atom. The topological polar surface area (TPSA) is 49.9 Å². The molecule has 0 spiro atoms. The molecule has 0 aromatic heterocycles. The summed E-state index contributed by atoms with van der Waals surface area (Å²) >= 11 is 0. The molecule has 0 aromatic carbocycles. The summed E-state index contributed by atoms with van der Waals surface area (Å²) in [5, 5.41) is 0. The lowest BCUT2D eigenvalue weighted by molar-refractivity contribution is -0.133. The maximum atomic E-state index is 11.9. The van der Waals surface area contributed by atoms with Crippen molar-refractivity contribution in [3.8, 4) is 0 Å². The number of likely N-dealkylation sites (N-methyl/N-ethyl adjacent to an activating group) is 1. The summed E-state index contributed by atoms with van der Waals surface area (Å²) in [4.78, 5) is 27.3. The molecule has 0 radical (unpaired) electrons. The zero-order valence-corrected chi connectivity index (χ0v) is 14.4. The molecule has 0 saturated carbocycles. The number of rotatable bonds is 7. The van der Waals surface area contributed by atoms with Crippen LogP contribution in [0.25, 0.3) is 0 Å². The highest BCUT2D eigenvalue weighted by Gasteiger charge is 2.18. The van der Waals surface area contributed by atoms with Crippen LogP contribution in [-0.4, -0.2) is 67.9 Å². The molecule has 0 atom stereocenters. The number of hydrogen-bond donors (Lipinski definition) is 0. The molecule has 5 heteroatoms. The smallest absolute Gasteiger partial charge is 0.224 e. The van der Waals surface area contributed by atoms with E-state index in [4.69, 9.17) is 4.74 Å². The molecule has 0 unspecified atom stereocenters. The van der Waals surface area contributed by atoms with E-state index in [1.165, 1.54) is 0 Å². The van der Waals surface area contributed by atoms with Crippen molar-refractivity contribution in [1.29, 1.82) is 0 Å². The van der Waals surface area contributed by atoms with Crippen LogP contribution in [0.3, 0.4) is 0 Å². The summed E-state index contributed by atoms with van der Waals surface area (Å²) in [5.74, 6) is 0.434. The van der Waals surface area contributed by atoms with E-state index in [-0.39, 0.29) is 17.6 Å². The zero-order valence-electron chi connectivity index (χ0n) is 14.4.